The van der Waals surface area contributed by atoms with Crippen LogP contribution in [0.1, 0.15) is 28.2 Å². The van der Waals surface area contributed by atoms with E-state index in [4.69, 9.17) is 5.10 Å². The quantitative estimate of drug-likeness (QED) is 0.855. The van der Waals surface area contributed by atoms with Gasteiger partial charge >= 0.3 is 0 Å². The zero-order valence-corrected chi connectivity index (χ0v) is 13.3. The molecule has 1 aromatic carbocycles. The Labute approximate surface area is 134 Å². The molecule has 0 radical (unpaired) electrons. The highest BCUT2D eigenvalue weighted by atomic mass is 32.2. The molecule has 0 saturated carbocycles. The van der Waals surface area contributed by atoms with Crippen LogP contribution in [0.4, 0.5) is 0 Å². The molecule has 2 aliphatic rings. The van der Waals surface area contributed by atoms with E-state index in [2.05, 4.69) is 12.1 Å². The summed E-state index contributed by atoms with van der Waals surface area (Å²) in [5.74, 6) is 2.19. The summed E-state index contributed by atoms with van der Waals surface area (Å²) in [6.07, 6.45) is 3.11. The number of benzene rings is 1. The average Bonchev–Trinajstić information content (AvgIpc) is 3.18. The maximum Gasteiger partial charge on any atom is 0.274 e. The SMILES string of the molecule is O=C(c1nn(-c2ccccc2)c2c1CCC2)N1CCSCC1. The number of para-hydroxylation sites is 1. The monoisotopic (exact) mass is 313 g/mol. The van der Waals surface area contributed by atoms with Gasteiger partial charge in [-0.25, -0.2) is 4.68 Å². The minimum absolute atomic E-state index is 0.119. The van der Waals surface area contributed by atoms with Crippen molar-refractivity contribution in [3.8, 4) is 5.69 Å². The number of amides is 1. The van der Waals surface area contributed by atoms with Gasteiger partial charge in [-0.05, 0) is 31.4 Å². The number of fused-ring (bicyclic) bond motifs is 1. The molecule has 0 N–H and O–H groups in total. The normalized spacial score (nSPS) is 17.5. The lowest BCUT2D eigenvalue weighted by molar-refractivity contribution is 0.0765. The van der Waals surface area contributed by atoms with Crippen LogP contribution in [0.2, 0.25) is 0 Å². The first-order chi connectivity index (χ1) is 10.8. The number of aromatic nitrogens is 2. The van der Waals surface area contributed by atoms with Gasteiger partial charge in [0.05, 0.1) is 5.69 Å². The van der Waals surface area contributed by atoms with Crippen LogP contribution in [0, 0.1) is 0 Å². The molecule has 22 heavy (non-hydrogen) atoms. The Hall–Kier alpha value is -1.75. The van der Waals surface area contributed by atoms with E-state index in [1.54, 1.807) is 0 Å². The molecule has 1 aliphatic carbocycles. The van der Waals surface area contributed by atoms with Crippen molar-refractivity contribution < 1.29 is 4.79 Å². The van der Waals surface area contributed by atoms with Crippen LogP contribution in [0.15, 0.2) is 30.3 Å². The highest BCUT2D eigenvalue weighted by Gasteiger charge is 2.30. The molecule has 1 fully saturated rings. The summed E-state index contributed by atoms with van der Waals surface area (Å²) in [6.45, 7) is 1.69. The summed E-state index contributed by atoms with van der Waals surface area (Å²) in [5, 5.41) is 4.70. The molecule has 0 unspecified atom stereocenters. The molecule has 4 nitrogen and oxygen atoms in total. The van der Waals surface area contributed by atoms with E-state index in [1.165, 1.54) is 11.3 Å². The van der Waals surface area contributed by atoms with Crippen molar-refractivity contribution in [1.29, 1.82) is 0 Å². The molecular weight excluding hydrogens is 294 g/mol. The van der Waals surface area contributed by atoms with E-state index in [0.29, 0.717) is 5.69 Å². The second-order valence-corrected chi connectivity index (χ2v) is 7.00. The van der Waals surface area contributed by atoms with Crippen LogP contribution in [-0.4, -0.2) is 45.2 Å². The van der Waals surface area contributed by atoms with Crippen molar-refractivity contribution in [1.82, 2.24) is 14.7 Å². The van der Waals surface area contributed by atoms with E-state index in [0.717, 1.165) is 49.5 Å². The summed E-state index contributed by atoms with van der Waals surface area (Å²) < 4.78 is 1.98. The molecule has 0 spiro atoms. The molecule has 0 bridgehead atoms. The van der Waals surface area contributed by atoms with Gasteiger partial charge in [0.25, 0.3) is 5.91 Å². The number of rotatable bonds is 2. The predicted octanol–water partition coefficient (Wildman–Crippen LogP) is 2.55. The van der Waals surface area contributed by atoms with E-state index < -0.39 is 0 Å². The number of hydrogen-bond donors (Lipinski definition) is 0. The van der Waals surface area contributed by atoms with Crippen molar-refractivity contribution >= 4 is 17.7 Å². The molecule has 0 atom stereocenters. The lowest BCUT2D eigenvalue weighted by atomic mass is 10.2. The van der Waals surface area contributed by atoms with Crippen molar-refractivity contribution in [2.24, 2.45) is 0 Å². The van der Waals surface area contributed by atoms with Crippen molar-refractivity contribution in [2.45, 2.75) is 19.3 Å². The third kappa shape index (κ3) is 2.33. The lowest BCUT2D eigenvalue weighted by Gasteiger charge is -2.25. The third-order valence-electron chi connectivity index (χ3n) is 4.43. The summed E-state index contributed by atoms with van der Waals surface area (Å²) in [4.78, 5) is 14.8. The Balaban J connectivity index is 1.73. The topological polar surface area (TPSA) is 38.1 Å². The second kappa shape index (κ2) is 5.80. The highest BCUT2D eigenvalue weighted by molar-refractivity contribution is 7.99. The lowest BCUT2D eigenvalue weighted by Crippen LogP contribution is -2.38. The number of thioether (sulfide) groups is 1. The van der Waals surface area contributed by atoms with E-state index in [1.807, 2.05) is 39.5 Å². The van der Waals surface area contributed by atoms with E-state index in [9.17, 15) is 4.79 Å². The van der Waals surface area contributed by atoms with Gasteiger partial charge in [0, 0.05) is 35.9 Å². The molecule has 2 aromatic rings. The van der Waals surface area contributed by atoms with Crippen LogP contribution in [0.25, 0.3) is 5.69 Å². The van der Waals surface area contributed by atoms with Crippen molar-refractivity contribution in [2.75, 3.05) is 24.6 Å². The summed E-state index contributed by atoms with van der Waals surface area (Å²) in [5.41, 5.74) is 4.13. The first kappa shape index (κ1) is 13.9. The predicted molar refractivity (Wildman–Crippen MR) is 88.8 cm³/mol. The smallest absolute Gasteiger partial charge is 0.274 e. The van der Waals surface area contributed by atoms with Gasteiger partial charge in [0.1, 0.15) is 0 Å². The fourth-order valence-corrected chi connectivity index (χ4v) is 4.21. The maximum atomic E-state index is 12.8. The second-order valence-electron chi connectivity index (χ2n) is 5.78. The van der Waals surface area contributed by atoms with Crippen molar-refractivity contribution in [3.05, 3.63) is 47.3 Å². The summed E-state index contributed by atoms with van der Waals surface area (Å²) in [7, 11) is 0. The Morgan fingerprint density at radius 3 is 2.64 bits per heavy atom. The van der Waals surface area contributed by atoms with Gasteiger partial charge < -0.3 is 4.90 Å². The minimum atomic E-state index is 0.119. The van der Waals surface area contributed by atoms with Gasteiger partial charge in [-0.3, -0.25) is 4.79 Å². The molecular formula is C17H19N3OS. The Morgan fingerprint density at radius 2 is 1.86 bits per heavy atom. The molecule has 114 valence electrons. The third-order valence-corrected chi connectivity index (χ3v) is 5.37. The largest absolute Gasteiger partial charge is 0.336 e. The number of carbonyl (C=O) groups is 1. The van der Waals surface area contributed by atoms with Crippen LogP contribution in [0.5, 0.6) is 0 Å². The van der Waals surface area contributed by atoms with E-state index >= 15 is 0 Å². The van der Waals surface area contributed by atoms with Crippen LogP contribution >= 0.6 is 11.8 Å². The van der Waals surface area contributed by atoms with Gasteiger partial charge in [0.2, 0.25) is 0 Å². The van der Waals surface area contributed by atoms with Crippen LogP contribution in [0.3, 0.4) is 0 Å². The van der Waals surface area contributed by atoms with Gasteiger partial charge in [-0.15, -0.1) is 0 Å². The average molecular weight is 313 g/mol. The number of hydrogen-bond acceptors (Lipinski definition) is 3. The summed E-state index contributed by atoms with van der Waals surface area (Å²) in [6, 6.07) is 10.1. The fourth-order valence-electron chi connectivity index (χ4n) is 3.31. The number of nitrogens with zero attached hydrogens (tertiary/aromatic N) is 3. The molecule has 4 rings (SSSR count). The standard InChI is InChI=1S/C17H19N3OS/c21-17(19-9-11-22-12-10-19)16-14-7-4-8-15(14)20(18-16)13-5-2-1-3-6-13/h1-3,5-6H,4,7-12H2. The Kier molecular flexibility index (Phi) is 3.66. The molecule has 1 saturated heterocycles. The van der Waals surface area contributed by atoms with E-state index in [-0.39, 0.29) is 5.91 Å². The van der Waals surface area contributed by atoms with Gasteiger partial charge in [-0.1, -0.05) is 18.2 Å². The zero-order chi connectivity index (χ0) is 14.9. The van der Waals surface area contributed by atoms with Crippen LogP contribution < -0.4 is 0 Å². The molecule has 2 heterocycles. The maximum absolute atomic E-state index is 12.8. The highest BCUT2D eigenvalue weighted by Crippen LogP contribution is 2.29. The molecule has 1 aromatic heterocycles. The first-order valence-corrected chi connectivity index (χ1v) is 9.03. The molecule has 1 amide bonds. The van der Waals surface area contributed by atoms with Gasteiger partial charge in [0.15, 0.2) is 5.69 Å². The fraction of sp³-hybridized carbons (Fsp3) is 0.412. The zero-order valence-electron chi connectivity index (χ0n) is 12.5. The Bertz CT molecular complexity index is 689. The first-order valence-electron chi connectivity index (χ1n) is 7.88. The molecule has 1 aliphatic heterocycles. The van der Waals surface area contributed by atoms with Crippen LogP contribution in [-0.2, 0) is 12.8 Å². The van der Waals surface area contributed by atoms with Crippen molar-refractivity contribution in [3.63, 3.8) is 0 Å². The Morgan fingerprint density at radius 1 is 1.09 bits per heavy atom. The van der Waals surface area contributed by atoms with Gasteiger partial charge in [-0.2, -0.15) is 16.9 Å². The number of carbonyl (C=O) groups excluding carboxylic acids is 1. The molecule has 5 heteroatoms. The minimum Gasteiger partial charge on any atom is -0.336 e. The summed E-state index contributed by atoms with van der Waals surface area (Å²) >= 11 is 1.92.